The van der Waals surface area contributed by atoms with Gasteiger partial charge in [0.2, 0.25) is 0 Å². The summed E-state index contributed by atoms with van der Waals surface area (Å²) in [6.07, 6.45) is 3.60. The van der Waals surface area contributed by atoms with Crippen LogP contribution in [-0.2, 0) is 9.84 Å². The van der Waals surface area contributed by atoms with Gasteiger partial charge < -0.3 is 10.2 Å². The Labute approximate surface area is 129 Å². The monoisotopic (exact) mass is 326 g/mol. The third kappa shape index (κ3) is 4.30. The Morgan fingerprint density at radius 1 is 1.41 bits per heavy atom. The number of hydrogen-bond acceptors (Lipinski definition) is 3. The van der Waals surface area contributed by atoms with Gasteiger partial charge >= 0.3 is 6.03 Å². The fraction of sp³-hybridized carbons (Fsp3) is 0.400. The number of rotatable bonds is 4. The average molecular weight is 326 g/mol. The lowest BCUT2D eigenvalue weighted by atomic mass is 10.2. The molecule has 1 atom stereocenters. The summed E-state index contributed by atoms with van der Waals surface area (Å²) < 4.78 is 35.8. The standard InChI is InChI=1S/C15H19FN2O3S/c1-2-18(14-8-10-22(20,21)11-14)15(19)17-9-7-12-3-5-13(16)6-4-12/h3-7,9,14H,2,8,10-11H2,1H3,(H,17,19)/b9-7+. The minimum atomic E-state index is -3.03. The van der Waals surface area contributed by atoms with Crippen LogP contribution in [-0.4, -0.2) is 43.4 Å². The molecule has 0 spiro atoms. The molecule has 1 aromatic carbocycles. The lowest BCUT2D eigenvalue weighted by Crippen LogP contribution is -2.45. The number of amides is 2. The molecule has 0 bridgehead atoms. The maximum Gasteiger partial charge on any atom is 0.321 e. The maximum absolute atomic E-state index is 12.8. The summed E-state index contributed by atoms with van der Waals surface area (Å²) in [5, 5.41) is 2.62. The van der Waals surface area contributed by atoms with E-state index in [-0.39, 0.29) is 29.4 Å². The van der Waals surface area contributed by atoms with Crippen molar-refractivity contribution in [1.82, 2.24) is 10.2 Å². The molecule has 2 amide bonds. The van der Waals surface area contributed by atoms with Crippen molar-refractivity contribution in [3.63, 3.8) is 0 Å². The van der Waals surface area contributed by atoms with Crippen LogP contribution in [0, 0.1) is 5.82 Å². The number of hydrogen-bond donors (Lipinski definition) is 1. The van der Waals surface area contributed by atoms with Gasteiger partial charge in [-0.15, -0.1) is 0 Å². The summed E-state index contributed by atoms with van der Waals surface area (Å²) in [4.78, 5) is 13.7. The van der Waals surface area contributed by atoms with Crippen LogP contribution in [0.25, 0.3) is 6.08 Å². The number of nitrogens with one attached hydrogen (secondary N) is 1. The van der Waals surface area contributed by atoms with Crippen molar-refractivity contribution >= 4 is 21.9 Å². The topological polar surface area (TPSA) is 66.5 Å². The molecule has 5 nitrogen and oxygen atoms in total. The van der Waals surface area contributed by atoms with Crippen molar-refractivity contribution in [2.45, 2.75) is 19.4 Å². The van der Waals surface area contributed by atoms with Crippen LogP contribution in [0.15, 0.2) is 30.5 Å². The molecule has 2 rings (SSSR count). The van der Waals surface area contributed by atoms with E-state index in [9.17, 15) is 17.6 Å². The second kappa shape index (κ2) is 6.91. The summed E-state index contributed by atoms with van der Waals surface area (Å²) in [5.41, 5.74) is 0.758. The van der Waals surface area contributed by atoms with Crippen molar-refractivity contribution in [2.75, 3.05) is 18.1 Å². The molecule has 1 saturated heterocycles. The van der Waals surface area contributed by atoms with Gasteiger partial charge in [0.1, 0.15) is 5.82 Å². The maximum atomic E-state index is 12.8. The molecule has 1 aromatic rings. The molecule has 1 N–H and O–H groups in total. The molecular formula is C15H19FN2O3S. The van der Waals surface area contributed by atoms with Gasteiger partial charge in [-0.1, -0.05) is 12.1 Å². The van der Waals surface area contributed by atoms with E-state index in [0.29, 0.717) is 13.0 Å². The number of sulfone groups is 1. The van der Waals surface area contributed by atoms with Gasteiger partial charge in [0, 0.05) is 18.8 Å². The van der Waals surface area contributed by atoms with Gasteiger partial charge in [0.05, 0.1) is 11.5 Å². The minimum Gasteiger partial charge on any atom is -0.321 e. The quantitative estimate of drug-likeness (QED) is 0.920. The van der Waals surface area contributed by atoms with Crippen molar-refractivity contribution in [2.24, 2.45) is 0 Å². The highest BCUT2D eigenvalue weighted by atomic mass is 32.2. The molecule has 0 aromatic heterocycles. The van der Waals surface area contributed by atoms with Crippen LogP contribution in [0.5, 0.6) is 0 Å². The molecular weight excluding hydrogens is 307 g/mol. The number of carbonyl (C=O) groups is 1. The molecule has 1 aliphatic heterocycles. The molecule has 1 fully saturated rings. The zero-order chi connectivity index (χ0) is 16.2. The number of carbonyl (C=O) groups excluding carboxylic acids is 1. The lowest BCUT2D eigenvalue weighted by Gasteiger charge is -2.26. The first-order valence-electron chi connectivity index (χ1n) is 7.11. The normalized spacial score (nSPS) is 20.2. The number of benzene rings is 1. The van der Waals surface area contributed by atoms with Gasteiger partial charge in [0.15, 0.2) is 9.84 Å². The number of urea groups is 1. The van der Waals surface area contributed by atoms with Crippen molar-refractivity contribution in [3.05, 3.63) is 41.8 Å². The van der Waals surface area contributed by atoms with E-state index in [2.05, 4.69) is 5.32 Å². The fourth-order valence-electron chi connectivity index (χ4n) is 2.45. The third-order valence-electron chi connectivity index (χ3n) is 3.60. The minimum absolute atomic E-state index is 0.0237. The van der Waals surface area contributed by atoms with Crippen molar-refractivity contribution in [1.29, 1.82) is 0 Å². The predicted molar refractivity (Wildman–Crippen MR) is 83.4 cm³/mol. The Morgan fingerprint density at radius 2 is 2.09 bits per heavy atom. The average Bonchev–Trinajstić information content (AvgIpc) is 2.82. The first-order valence-corrected chi connectivity index (χ1v) is 8.93. The van der Waals surface area contributed by atoms with E-state index in [1.54, 1.807) is 18.2 Å². The van der Waals surface area contributed by atoms with Gasteiger partial charge in [0.25, 0.3) is 0 Å². The summed E-state index contributed by atoms with van der Waals surface area (Å²) in [5.74, 6) is -0.163. The Balaban J connectivity index is 1.94. The van der Waals surface area contributed by atoms with Crippen LogP contribution in [0.4, 0.5) is 9.18 Å². The predicted octanol–water partition coefficient (Wildman–Crippen LogP) is 2.02. The number of halogens is 1. The van der Waals surface area contributed by atoms with Crippen molar-refractivity contribution < 1.29 is 17.6 Å². The molecule has 0 aliphatic carbocycles. The summed E-state index contributed by atoms with van der Waals surface area (Å²) in [6, 6.07) is 5.27. The Bertz CT molecular complexity index is 656. The van der Waals surface area contributed by atoms with Crippen LogP contribution in [0.1, 0.15) is 18.9 Å². The molecule has 120 valence electrons. The van der Waals surface area contributed by atoms with E-state index >= 15 is 0 Å². The van der Waals surface area contributed by atoms with E-state index in [0.717, 1.165) is 5.56 Å². The van der Waals surface area contributed by atoms with E-state index < -0.39 is 9.84 Å². The van der Waals surface area contributed by atoms with Gasteiger partial charge in [-0.05, 0) is 37.1 Å². The number of nitrogens with zero attached hydrogens (tertiary/aromatic N) is 1. The smallest absolute Gasteiger partial charge is 0.321 e. The van der Waals surface area contributed by atoms with E-state index in [1.807, 2.05) is 6.92 Å². The second-order valence-corrected chi connectivity index (χ2v) is 7.41. The largest absolute Gasteiger partial charge is 0.321 e. The molecule has 1 aliphatic rings. The first-order chi connectivity index (χ1) is 10.4. The molecule has 7 heteroatoms. The van der Waals surface area contributed by atoms with Gasteiger partial charge in [-0.3, -0.25) is 0 Å². The first kappa shape index (κ1) is 16.5. The molecule has 1 unspecified atom stereocenters. The Morgan fingerprint density at radius 3 is 2.64 bits per heavy atom. The molecule has 22 heavy (non-hydrogen) atoms. The highest BCUT2D eigenvalue weighted by molar-refractivity contribution is 7.91. The highest BCUT2D eigenvalue weighted by Gasteiger charge is 2.33. The zero-order valence-electron chi connectivity index (χ0n) is 12.3. The zero-order valence-corrected chi connectivity index (χ0v) is 13.1. The summed E-state index contributed by atoms with van der Waals surface area (Å²) >= 11 is 0. The lowest BCUT2D eigenvalue weighted by molar-refractivity contribution is 0.187. The Kier molecular flexibility index (Phi) is 5.18. The van der Waals surface area contributed by atoms with Gasteiger partial charge in [-0.25, -0.2) is 17.6 Å². The van der Waals surface area contributed by atoms with Crippen LogP contribution >= 0.6 is 0 Å². The van der Waals surface area contributed by atoms with Crippen LogP contribution < -0.4 is 5.32 Å². The summed E-state index contributed by atoms with van der Waals surface area (Å²) in [7, 11) is -3.03. The molecule has 0 radical (unpaired) electrons. The van der Waals surface area contributed by atoms with E-state index in [4.69, 9.17) is 0 Å². The van der Waals surface area contributed by atoms with Crippen LogP contribution in [0.3, 0.4) is 0 Å². The molecule has 1 heterocycles. The second-order valence-electron chi connectivity index (χ2n) is 5.18. The molecule has 0 saturated carbocycles. The SMILES string of the molecule is CCN(C(=O)N/C=C/c1ccc(F)cc1)C1CCS(=O)(=O)C1. The summed E-state index contributed by atoms with van der Waals surface area (Å²) in [6.45, 7) is 2.25. The fourth-order valence-corrected chi connectivity index (χ4v) is 4.19. The van der Waals surface area contributed by atoms with Crippen LogP contribution in [0.2, 0.25) is 0 Å². The third-order valence-corrected chi connectivity index (χ3v) is 5.35. The van der Waals surface area contributed by atoms with Gasteiger partial charge in [-0.2, -0.15) is 0 Å². The van der Waals surface area contributed by atoms with E-state index in [1.165, 1.54) is 23.2 Å². The van der Waals surface area contributed by atoms with Crippen molar-refractivity contribution in [3.8, 4) is 0 Å². The Hall–Kier alpha value is -1.89. The highest BCUT2D eigenvalue weighted by Crippen LogP contribution is 2.17.